The number of aromatic nitrogens is 5. The molecule has 0 radical (unpaired) electrons. The van der Waals surface area contributed by atoms with Gasteiger partial charge in [-0.25, -0.2) is 15.3 Å². The molecule has 0 saturated carbocycles. The Balaban J connectivity index is 2.78. The Morgan fingerprint density at radius 2 is 2.00 bits per heavy atom. The minimum Gasteiger partial charge on any atom is -0.293 e. The Bertz CT molecular complexity index is 737. The summed E-state index contributed by atoms with van der Waals surface area (Å²) >= 11 is 0. The van der Waals surface area contributed by atoms with Crippen LogP contribution in [-0.2, 0) is 25.4 Å². The topological polar surface area (TPSA) is 130 Å². The molecule has 2 aromatic rings. The Labute approximate surface area is 99.6 Å². The van der Waals surface area contributed by atoms with E-state index in [0.717, 1.165) is 9.25 Å². The van der Waals surface area contributed by atoms with Crippen molar-refractivity contribution in [2.24, 2.45) is 19.9 Å². The molecule has 2 heterocycles. The number of nitrogens with one attached hydrogen (secondary N) is 1. The lowest BCUT2D eigenvalue weighted by atomic mass is 10.5. The van der Waals surface area contributed by atoms with E-state index < -0.39 is 17.2 Å². The van der Waals surface area contributed by atoms with Gasteiger partial charge < -0.3 is 0 Å². The molecule has 0 bridgehead atoms. The molecule has 0 aliphatic rings. The van der Waals surface area contributed by atoms with Crippen LogP contribution in [-0.4, -0.2) is 30.0 Å². The third-order valence-corrected chi connectivity index (χ3v) is 2.57. The van der Waals surface area contributed by atoms with Crippen LogP contribution in [0.3, 0.4) is 0 Å². The second-order valence-corrected chi connectivity index (χ2v) is 3.69. The summed E-state index contributed by atoms with van der Waals surface area (Å²) < 4.78 is 3.20. The van der Waals surface area contributed by atoms with E-state index in [0.29, 0.717) is 0 Å². The van der Waals surface area contributed by atoms with Crippen molar-refractivity contribution >= 4 is 17.1 Å². The number of nitrogens with two attached hydrogens (primary N) is 1. The molecule has 0 aromatic carbocycles. The van der Waals surface area contributed by atoms with Crippen LogP contribution in [0.2, 0.25) is 0 Å². The molecule has 2 rings (SSSR count). The highest BCUT2D eigenvalue weighted by molar-refractivity contribution is 5.77. The zero-order chi connectivity index (χ0) is 13.4. The standard InChI is InChI=1S/C8H11N7O3/c1-13-6-5(7(17)14(2)8(13)18)15(12-11-6)3-4(16)10-9/h3,9H2,1-2H3,(H,10,16). The van der Waals surface area contributed by atoms with Gasteiger partial charge in [0.25, 0.3) is 11.5 Å². The predicted molar refractivity (Wildman–Crippen MR) is 60.3 cm³/mol. The van der Waals surface area contributed by atoms with Crippen LogP contribution in [0.5, 0.6) is 0 Å². The van der Waals surface area contributed by atoms with E-state index in [1.54, 1.807) is 0 Å². The molecular formula is C8H11N7O3. The van der Waals surface area contributed by atoms with Gasteiger partial charge in [-0.05, 0) is 0 Å². The van der Waals surface area contributed by atoms with Crippen molar-refractivity contribution in [3.05, 3.63) is 20.8 Å². The molecular weight excluding hydrogens is 242 g/mol. The van der Waals surface area contributed by atoms with Gasteiger partial charge in [-0.3, -0.25) is 24.1 Å². The molecule has 18 heavy (non-hydrogen) atoms. The molecule has 0 fully saturated rings. The molecule has 0 spiro atoms. The van der Waals surface area contributed by atoms with Crippen LogP contribution in [0.4, 0.5) is 0 Å². The van der Waals surface area contributed by atoms with Gasteiger partial charge >= 0.3 is 5.69 Å². The van der Waals surface area contributed by atoms with E-state index in [-0.39, 0.29) is 17.7 Å². The van der Waals surface area contributed by atoms with Crippen LogP contribution in [0, 0.1) is 0 Å². The predicted octanol–water partition coefficient (Wildman–Crippen LogP) is -3.18. The molecule has 10 nitrogen and oxygen atoms in total. The number of nitrogens with zero attached hydrogens (tertiary/aromatic N) is 5. The fourth-order valence-electron chi connectivity index (χ4n) is 1.59. The normalized spacial score (nSPS) is 10.8. The van der Waals surface area contributed by atoms with Crippen LogP contribution in [0.25, 0.3) is 11.2 Å². The lowest BCUT2D eigenvalue weighted by Crippen LogP contribution is -2.38. The van der Waals surface area contributed by atoms with Crippen molar-refractivity contribution in [3.63, 3.8) is 0 Å². The molecule has 0 unspecified atom stereocenters. The fourth-order valence-corrected chi connectivity index (χ4v) is 1.59. The number of carbonyl (C=O) groups is 1. The smallest absolute Gasteiger partial charge is 0.293 e. The summed E-state index contributed by atoms with van der Waals surface area (Å²) in [6.07, 6.45) is 0. The van der Waals surface area contributed by atoms with Crippen molar-refractivity contribution in [2.75, 3.05) is 0 Å². The largest absolute Gasteiger partial charge is 0.332 e. The van der Waals surface area contributed by atoms with E-state index >= 15 is 0 Å². The highest BCUT2D eigenvalue weighted by atomic mass is 16.2. The van der Waals surface area contributed by atoms with Gasteiger partial charge in [-0.1, -0.05) is 5.21 Å². The molecule has 0 aliphatic carbocycles. The van der Waals surface area contributed by atoms with Gasteiger partial charge in [0.05, 0.1) is 0 Å². The average Bonchev–Trinajstić information content (AvgIpc) is 2.77. The van der Waals surface area contributed by atoms with Crippen LogP contribution in [0.1, 0.15) is 0 Å². The summed E-state index contributed by atoms with van der Waals surface area (Å²) in [5, 5.41) is 7.37. The number of amides is 1. The second-order valence-electron chi connectivity index (χ2n) is 3.69. The minimum atomic E-state index is -0.567. The quantitative estimate of drug-likeness (QED) is 0.329. The van der Waals surface area contributed by atoms with Gasteiger partial charge in [0.15, 0.2) is 11.2 Å². The maximum Gasteiger partial charge on any atom is 0.332 e. The van der Waals surface area contributed by atoms with Gasteiger partial charge in [0.2, 0.25) is 0 Å². The molecule has 0 saturated heterocycles. The number of carbonyl (C=O) groups excluding carboxylic acids is 1. The number of aryl methyl sites for hydroxylation is 1. The lowest BCUT2D eigenvalue weighted by molar-refractivity contribution is -0.121. The Morgan fingerprint density at radius 1 is 1.33 bits per heavy atom. The summed E-state index contributed by atoms with van der Waals surface area (Å²) in [5.41, 5.74) is 1.04. The second kappa shape index (κ2) is 4.07. The molecule has 3 N–H and O–H groups in total. The lowest BCUT2D eigenvalue weighted by Gasteiger charge is -2.04. The van der Waals surface area contributed by atoms with E-state index in [1.165, 1.54) is 18.7 Å². The summed E-state index contributed by atoms with van der Waals surface area (Å²) in [7, 11) is 2.80. The van der Waals surface area contributed by atoms with Crippen molar-refractivity contribution in [2.45, 2.75) is 6.54 Å². The zero-order valence-electron chi connectivity index (χ0n) is 9.75. The van der Waals surface area contributed by atoms with Crippen LogP contribution < -0.4 is 22.5 Å². The molecule has 0 atom stereocenters. The van der Waals surface area contributed by atoms with E-state index in [2.05, 4.69) is 10.3 Å². The highest BCUT2D eigenvalue weighted by Gasteiger charge is 2.16. The SMILES string of the molecule is Cn1c(=O)c2c(nnn2CC(=O)NN)n(C)c1=O. The molecule has 96 valence electrons. The number of rotatable bonds is 2. The summed E-state index contributed by atoms with van der Waals surface area (Å²) in [5.74, 6) is 4.43. The maximum absolute atomic E-state index is 11.9. The Hall–Kier alpha value is -2.49. The van der Waals surface area contributed by atoms with Crippen molar-refractivity contribution < 1.29 is 4.79 Å². The van der Waals surface area contributed by atoms with E-state index in [9.17, 15) is 14.4 Å². The molecule has 0 aliphatic heterocycles. The summed E-state index contributed by atoms with van der Waals surface area (Å²) in [6.45, 7) is -0.250. The monoisotopic (exact) mass is 253 g/mol. The number of hydrazine groups is 1. The first-order valence-electron chi connectivity index (χ1n) is 4.96. The number of fused-ring (bicyclic) bond motifs is 1. The van der Waals surface area contributed by atoms with Crippen LogP contribution >= 0.6 is 0 Å². The third kappa shape index (κ3) is 1.59. The van der Waals surface area contributed by atoms with Gasteiger partial charge in [0.1, 0.15) is 6.54 Å². The van der Waals surface area contributed by atoms with Gasteiger partial charge in [-0.2, -0.15) is 0 Å². The number of hydrogen-bond donors (Lipinski definition) is 2. The van der Waals surface area contributed by atoms with Crippen molar-refractivity contribution in [1.82, 2.24) is 29.6 Å². The first-order valence-corrected chi connectivity index (χ1v) is 4.96. The summed E-state index contributed by atoms with van der Waals surface area (Å²) in [4.78, 5) is 34.7. The first kappa shape index (κ1) is 12.0. The van der Waals surface area contributed by atoms with Crippen molar-refractivity contribution in [3.8, 4) is 0 Å². The molecule has 2 aromatic heterocycles. The first-order chi connectivity index (χ1) is 8.47. The van der Waals surface area contributed by atoms with E-state index in [1.807, 2.05) is 5.43 Å². The fraction of sp³-hybridized carbons (Fsp3) is 0.375. The maximum atomic E-state index is 11.9. The van der Waals surface area contributed by atoms with Gasteiger partial charge in [0, 0.05) is 14.1 Å². The van der Waals surface area contributed by atoms with Crippen molar-refractivity contribution in [1.29, 1.82) is 0 Å². The minimum absolute atomic E-state index is 0.0724. The molecule has 10 heteroatoms. The zero-order valence-corrected chi connectivity index (χ0v) is 9.75. The summed E-state index contributed by atoms with van der Waals surface area (Å²) in [6, 6.07) is 0. The van der Waals surface area contributed by atoms with E-state index in [4.69, 9.17) is 5.84 Å². The number of hydrogen-bond acceptors (Lipinski definition) is 6. The molecule has 1 amide bonds. The van der Waals surface area contributed by atoms with Crippen LogP contribution in [0.15, 0.2) is 9.59 Å². The average molecular weight is 253 g/mol. The Morgan fingerprint density at radius 3 is 2.61 bits per heavy atom. The highest BCUT2D eigenvalue weighted by Crippen LogP contribution is 2.01. The third-order valence-electron chi connectivity index (χ3n) is 2.57. The van der Waals surface area contributed by atoms with Gasteiger partial charge in [-0.15, -0.1) is 5.10 Å². The Kier molecular flexibility index (Phi) is 2.71.